The van der Waals surface area contributed by atoms with Crippen molar-refractivity contribution in [3.8, 4) is 17.2 Å². The van der Waals surface area contributed by atoms with Gasteiger partial charge in [-0.15, -0.1) is 11.8 Å². The van der Waals surface area contributed by atoms with Crippen LogP contribution >= 0.6 is 27.7 Å². The Morgan fingerprint density at radius 1 is 1.17 bits per heavy atom. The van der Waals surface area contributed by atoms with E-state index in [1.165, 1.54) is 0 Å². The van der Waals surface area contributed by atoms with Crippen molar-refractivity contribution in [1.29, 1.82) is 0 Å². The van der Waals surface area contributed by atoms with Crippen molar-refractivity contribution < 1.29 is 24.1 Å². The molecule has 0 bridgehead atoms. The molecule has 1 aliphatic heterocycles. The van der Waals surface area contributed by atoms with Crippen LogP contribution in [-0.4, -0.2) is 43.2 Å². The number of hydrogen-bond acceptors (Lipinski definition) is 6. The predicted molar refractivity (Wildman–Crippen MR) is 117 cm³/mol. The van der Waals surface area contributed by atoms with Crippen LogP contribution in [0.5, 0.6) is 17.2 Å². The van der Waals surface area contributed by atoms with Crippen LogP contribution in [0.2, 0.25) is 0 Å². The van der Waals surface area contributed by atoms with E-state index >= 15 is 0 Å². The maximum absolute atomic E-state index is 11.2. The van der Waals surface area contributed by atoms with Gasteiger partial charge in [-0.3, -0.25) is 10.1 Å². The van der Waals surface area contributed by atoms with Crippen LogP contribution in [0.15, 0.2) is 34.8 Å². The van der Waals surface area contributed by atoms with Gasteiger partial charge in [0.1, 0.15) is 25.0 Å². The molecule has 1 aliphatic rings. The Bertz CT molecular complexity index is 871. The molecular weight excluding hydrogens is 458 g/mol. The van der Waals surface area contributed by atoms with Crippen molar-refractivity contribution >= 4 is 33.7 Å². The van der Waals surface area contributed by atoms with E-state index in [1.54, 1.807) is 18.9 Å². The van der Waals surface area contributed by atoms with Gasteiger partial charge in [-0.25, -0.2) is 0 Å². The molecular formula is C21H24BrNO5S. The molecule has 1 heterocycles. The first-order chi connectivity index (χ1) is 13.9. The third kappa shape index (κ3) is 5.58. The van der Waals surface area contributed by atoms with E-state index in [4.69, 9.17) is 19.3 Å². The van der Waals surface area contributed by atoms with Crippen LogP contribution in [0.4, 0.5) is 0 Å². The smallest absolute Gasteiger partial charge is 0.321 e. The lowest BCUT2D eigenvalue weighted by atomic mass is 10.1. The standard InChI is InChI=1S/C21H24BrNO5S/c1-12-6-13(2)8-15(7-12)27-4-5-28-19-16(22)9-14(10-18(19)26-3)20-23-17(11-29-20)21(24)25/h6-10,17,20,23H,4-5,11H2,1-3H3,(H,24,25). The molecule has 29 heavy (non-hydrogen) atoms. The van der Waals surface area contributed by atoms with Gasteiger partial charge in [0, 0.05) is 5.75 Å². The highest BCUT2D eigenvalue weighted by Crippen LogP contribution is 2.42. The first-order valence-electron chi connectivity index (χ1n) is 9.19. The summed E-state index contributed by atoms with van der Waals surface area (Å²) in [6.45, 7) is 4.84. The number of aliphatic carboxylic acids is 1. The molecule has 2 aromatic carbocycles. The number of methoxy groups -OCH3 is 1. The highest BCUT2D eigenvalue weighted by Gasteiger charge is 2.31. The van der Waals surface area contributed by atoms with Gasteiger partial charge < -0.3 is 19.3 Å². The molecule has 6 nitrogen and oxygen atoms in total. The number of carboxylic acids is 1. The second-order valence-electron chi connectivity index (χ2n) is 6.83. The Hall–Kier alpha value is -1.90. The lowest BCUT2D eigenvalue weighted by Crippen LogP contribution is -2.33. The van der Waals surface area contributed by atoms with Crippen molar-refractivity contribution in [2.45, 2.75) is 25.3 Å². The van der Waals surface area contributed by atoms with Crippen LogP contribution in [0, 0.1) is 13.8 Å². The zero-order valence-corrected chi connectivity index (χ0v) is 18.9. The summed E-state index contributed by atoms with van der Waals surface area (Å²) < 4.78 is 17.9. The Morgan fingerprint density at radius 2 is 1.86 bits per heavy atom. The summed E-state index contributed by atoms with van der Waals surface area (Å²) in [5.41, 5.74) is 3.25. The second-order valence-corrected chi connectivity index (χ2v) is 8.82. The molecule has 0 aliphatic carbocycles. The van der Waals surface area contributed by atoms with Gasteiger partial charge in [0.05, 0.1) is 17.0 Å². The Balaban J connectivity index is 1.63. The molecule has 2 aromatic rings. The van der Waals surface area contributed by atoms with Crippen LogP contribution in [0.25, 0.3) is 0 Å². The Kier molecular flexibility index (Phi) is 7.32. The summed E-state index contributed by atoms with van der Waals surface area (Å²) in [6.07, 6.45) is 0. The average molecular weight is 482 g/mol. The van der Waals surface area contributed by atoms with E-state index < -0.39 is 12.0 Å². The number of hydrogen-bond donors (Lipinski definition) is 2. The summed E-state index contributed by atoms with van der Waals surface area (Å²) in [5.74, 6) is 1.69. The Morgan fingerprint density at radius 3 is 2.48 bits per heavy atom. The van der Waals surface area contributed by atoms with Crippen molar-refractivity contribution in [2.24, 2.45) is 0 Å². The number of benzene rings is 2. The van der Waals surface area contributed by atoms with Gasteiger partial charge in [-0.1, -0.05) is 6.07 Å². The van der Waals surface area contributed by atoms with Gasteiger partial charge in [-0.05, 0) is 70.7 Å². The van der Waals surface area contributed by atoms with Gasteiger partial charge in [0.25, 0.3) is 0 Å². The molecule has 3 rings (SSSR count). The molecule has 1 fully saturated rings. The molecule has 0 saturated carbocycles. The summed E-state index contributed by atoms with van der Waals surface area (Å²) in [7, 11) is 1.58. The topological polar surface area (TPSA) is 77.0 Å². The summed E-state index contributed by atoms with van der Waals surface area (Å²) in [4.78, 5) is 11.2. The fourth-order valence-electron chi connectivity index (χ4n) is 3.16. The van der Waals surface area contributed by atoms with E-state index in [9.17, 15) is 4.79 Å². The minimum Gasteiger partial charge on any atom is -0.493 e. The molecule has 8 heteroatoms. The number of aryl methyl sites for hydroxylation is 2. The molecule has 1 saturated heterocycles. The number of carbonyl (C=O) groups is 1. The highest BCUT2D eigenvalue weighted by molar-refractivity contribution is 9.10. The number of halogens is 1. The highest BCUT2D eigenvalue weighted by atomic mass is 79.9. The van der Waals surface area contributed by atoms with Crippen LogP contribution in [-0.2, 0) is 4.79 Å². The molecule has 0 amide bonds. The fraction of sp³-hybridized carbons (Fsp3) is 0.381. The fourth-order valence-corrected chi connectivity index (χ4v) is 4.94. The third-order valence-corrected chi connectivity index (χ3v) is 6.28. The first kappa shape index (κ1) is 21.8. The maximum atomic E-state index is 11.2. The molecule has 2 unspecified atom stereocenters. The molecule has 0 spiro atoms. The zero-order chi connectivity index (χ0) is 21.0. The monoisotopic (exact) mass is 481 g/mol. The zero-order valence-electron chi connectivity index (χ0n) is 16.5. The number of rotatable bonds is 8. The van der Waals surface area contributed by atoms with Crippen molar-refractivity contribution in [3.63, 3.8) is 0 Å². The quantitative estimate of drug-likeness (QED) is 0.543. The number of carboxylic acid groups (broad SMARTS) is 1. The number of ether oxygens (including phenoxy) is 3. The van der Waals surface area contributed by atoms with Crippen LogP contribution in [0.1, 0.15) is 22.1 Å². The normalized spacial score (nSPS) is 18.5. The summed E-state index contributed by atoms with van der Waals surface area (Å²) >= 11 is 5.10. The van der Waals surface area contributed by atoms with Crippen molar-refractivity contribution in [3.05, 3.63) is 51.5 Å². The molecule has 0 radical (unpaired) electrons. The molecule has 2 N–H and O–H groups in total. The Labute approximate surface area is 183 Å². The number of nitrogens with one attached hydrogen (secondary N) is 1. The van der Waals surface area contributed by atoms with E-state index in [-0.39, 0.29) is 5.37 Å². The molecule has 0 aromatic heterocycles. The summed E-state index contributed by atoms with van der Waals surface area (Å²) in [6, 6.07) is 9.35. The lowest BCUT2D eigenvalue weighted by molar-refractivity contribution is -0.138. The van der Waals surface area contributed by atoms with E-state index in [2.05, 4.69) is 27.3 Å². The second kappa shape index (κ2) is 9.73. The molecule has 156 valence electrons. The first-order valence-corrected chi connectivity index (χ1v) is 11.0. The maximum Gasteiger partial charge on any atom is 0.321 e. The average Bonchev–Trinajstić information content (AvgIpc) is 3.15. The van der Waals surface area contributed by atoms with E-state index in [1.807, 2.05) is 38.1 Å². The predicted octanol–water partition coefficient (Wildman–Crippen LogP) is 4.32. The van der Waals surface area contributed by atoms with Gasteiger partial charge in [0.2, 0.25) is 0 Å². The van der Waals surface area contributed by atoms with Crippen LogP contribution in [0.3, 0.4) is 0 Å². The van der Waals surface area contributed by atoms with E-state index in [0.717, 1.165) is 26.9 Å². The lowest BCUT2D eigenvalue weighted by Gasteiger charge is -2.17. The SMILES string of the molecule is COc1cc(C2NC(C(=O)O)CS2)cc(Br)c1OCCOc1cc(C)cc(C)c1. The molecule has 2 atom stereocenters. The minimum atomic E-state index is -0.838. The van der Waals surface area contributed by atoms with E-state index in [0.29, 0.717) is 30.5 Å². The number of thioether (sulfide) groups is 1. The minimum absolute atomic E-state index is 0.108. The van der Waals surface area contributed by atoms with Gasteiger partial charge in [-0.2, -0.15) is 0 Å². The van der Waals surface area contributed by atoms with Gasteiger partial charge in [0.15, 0.2) is 11.5 Å². The largest absolute Gasteiger partial charge is 0.493 e. The third-order valence-electron chi connectivity index (χ3n) is 4.43. The van der Waals surface area contributed by atoms with Crippen molar-refractivity contribution in [1.82, 2.24) is 5.32 Å². The summed E-state index contributed by atoms with van der Waals surface area (Å²) in [5, 5.41) is 12.2. The van der Waals surface area contributed by atoms with Gasteiger partial charge >= 0.3 is 5.97 Å². The van der Waals surface area contributed by atoms with Crippen LogP contribution < -0.4 is 19.5 Å². The van der Waals surface area contributed by atoms with Crippen molar-refractivity contribution in [2.75, 3.05) is 26.1 Å².